The van der Waals surface area contributed by atoms with Gasteiger partial charge < -0.3 is 18.6 Å². The second kappa shape index (κ2) is 8.65. The molecule has 2 heterocycles. The monoisotopic (exact) mass is 440 g/mol. The van der Waals surface area contributed by atoms with Crippen LogP contribution in [0.25, 0.3) is 11.0 Å². The predicted molar refractivity (Wildman–Crippen MR) is 120 cm³/mol. The van der Waals surface area contributed by atoms with Crippen LogP contribution in [0.1, 0.15) is 58.8 Å². The lowest BCUT2D eigenvalue weighted by Gasteiger charge is -2.43. The lowest BCUT2D eigenvalue weighted by molar-refractivity contribution is -0.185. The van der Waals surface area contributed by atoms with Gasteiger partial charge in [0, 0.05) is 22.6 Å². The molecule has 7 heteroatoms. The van der Waals surface area contributed by atoms with Crippen LogP contribution in [0.4, 0.5) is 0 Å². The lowest BCUT2D eigenvalue weighted by Crippen LogP contribution is -2.52. The molecule has 0 saturated heterocycles. The van der Waals surface area contributed by atoms with Gasteiger partial charge in [-0.2, -0.15) is 0 Å². The average Bonchev–Trinajstić information content (AvgIpc) is 2.73. The molecule has 0 radical (unpaired) electrons. The average molecular weight is 440 g/mol. The summed E-state index contributed by atoms with van der Waals surface area (Å²) in [7, 11) is 0. The third-order valence-electron chi connectivity index (χ3n) is 5.71. The summed E-state index contributed by atoms with van der Waals surface area (Å²) in [5, 5.41) is 0.671. The molecule has 0 fully saturated rings. The van der Waals surface area contributed by atoms with E-state index in [1.165, 1.54) is 6.07 Å². The molecule has 3 rings (SSSR count). The maximum atomic E-state index is 12.8. The van der Waals surface area contributed by atoms with E-state index < -0.39 is 35.4 Å². The Balaban J connectivity index is 2.27. The van der Waals surface area contributed by atoms with E-state index in [1.807, 2.05) is 0 Å². The summed E-state index contributed by atoms with van der Waals surface area (Å²) in [6, 6.07) is 4.92. The van der Waals surface area contributed by atoms with Gasteiger partial charge in [-0.25, -0.2) is 14.4 Å². The Labute approximate surface area is 186 Å². The van der Waals surface area contributed by atoms with Crippen molar-refractivity contribution in [3.63, 3.8) is 0 Å². The highest BCUT2D eigenvalue weighted by atomic mass is 16.6. The molecule has 0 saturated carbocycles. The molecule has 0 aliphatic carbocycles. The Morgan fingerprint density at radius 1 is 1.03 bits per heavy atom. The zero-order chi connectivity index (χ0) is 23.8. The number of hydrogen-bond donors (Lipinski definition) is 0. The number of fused-ring (bicyclic) bond motifs is 3. The van der Waals surface area contributed by atoms with Gasteiger partial charge in [0.15, 0.2) is 12.2 Å². The van der Waals surface area contributed by atoms with Gasteiger partial charge in [0.25, 0.3) is 0 Å². The molecule has 0 spiro atoms. The Morgan fingerprint density at radius 2 is 1.62 bits per heavy atom. The minimum atomic E-state index is -1.06. The molecular weight excluding hydrogens is 412 g/mol. The molecule has 2 atom stereocenters. The van der Waals surface area contributed by atoms with E-state index in [9.17, 15) is 14.4 Å². The number of rotatable bonds is 4. The van der Waals surface area contributed by atoms with E-state index in [4.69, 9.17) is 18.6 Å². The number of carbonyl (C=O) groups is 2. The van der Waals surface area contributed by atoms with Crippen molar-refractivity contribution in [3.8, 4) is 5.75 Å². The second-order valence-electron chi connectivity index (χ2n) is 8.40. The fourth-order valence-electron chi connectivity index (χ4n) is 3.58. The van der Waals surface area contributed by atoms with Gasteiger partial charge in [-0.05, 0) is 66.2 Å². The van der Waals surface area contributed by atoms with E-state index in [0.717, 1.165) is 0 Å². The molecule has 170 valence electrons. The minimum absolute atomic E-state index is 0.239. The molecule has 2 aromatic rings. The van der Waals surface area contributed by atoms with Gasteiger partial charge in [0.05, 0.1) is 5.56 Å². The molecule has 7 nitrogen and oxygen atoms in total. The predicted octanol–water partition coefficient (Wildman–Crippen LogP) is 4.70. The summed E-state index contributed by atoms with van der Waals surface area (Å²) in [6.45, 7) is 12.0. The smallest absolute Gasteiger partial charge is 0.336 e. The van der Waals surface area contributed by atoms with Gasteiger partial charge in [0.2, 0.25) is 0 Å². The summed E-state index contributed by atoms with van der Waals surface area (Å²) < 4.78 is 23.4. The number of esters is 2. The maximum Gasteiger partial charge on any atom is 0.336 e. The molecule has 0 N–H and O–H groups in total. The van der Waals surface area contributed by atoms with Crippen LogP contribution in [-0.2, 0) is 19.1 Å². The van der Waals surface area contributed by atoms with Crippen LogP contribution in [0.5, 0.6) is 5.75 Å². The van der Waals surface area contributed by atoms with Gasteiger partial charge in [0.1, 0.15) is 16.9 Å². The first-order valence-electron chi connectivity index (χ1n) is 10.4. The Kier molecular flexibility index (Phi) is 6.30. The van der Waals surface area contributed by atoms with E-state index >= 15 is 0 Å². The number of allylic oxidation sites excluding steroid dienone is 2. The third kappa shape index (κ3) is 4.20. The van der Waals surface area contributed by atoms with Gasteiger partial charge in [-0.15, -0.1) is 0 Å². The van der Waals surface area contributed by atoms with E-state index in [0.29, 0.717) is 33.4 Å². The number of benzene rings is 1. The van der Waals surface area contributed by atoms with Crippen molar-refractivity contribution in [2.75, 3.05) is 0 Å². The van der Waals surface area contributed by atoms with E-state index in [-0.39, 0.29) is 5.58 Å². The highest BCUT2D eigenvalue weighted by Crippen LogP contribution is 2.47. The standard InChI is InChI=1S/C25H28O7/c1-8-13(3)23(27)30-21-19-17(11-10-16-15(5)12-18(26)29-20(16)19)32-25(6,7)22(21)31-24(28)14(4)9-2/h8-12,21-22H,1-7H3/b13-8-,14-9-/t21-,22-/m0/s1. The number of hydrogen-bond acceptors (Lipinski definition) is 7. The van der Waals surface area contributed by atoms with Crippen LogP contribution >= 0.6 is 0 Å². The molecule has 0 unspecified atom stereocenters. The number of carbonyl (C=O) groups excluding carboxylic acids is 2. The van der Waals surface area contributed by atoms with E-state index in [2.05, 4.69) is 0 Å². The van der Waals surface area contributed by atoms with Crippen LogP contribution in [0.15, 0.2) is 50.7 Å². The van der Waals surface area contributed by atoms with Crippen molar-refractivity contribution in [1.29, 1.82) is 0 Å². The van der Waals surface area contributed by atoms with Crippen molar-refractivity contribution in [2.24, 2.45) is 0 Å². The number of ether oxygens (including phenoxy) is 3. The fraction of sp³-hybridized carbons (Fsp3) is 0.400. The molecule has 0 bridgehead atoms. The van der Waals surface area contributed by atoms with Crippen LogP contribution in [-0.4, -0.2) is 23.6 Å². The summed E-state index contributed by atoms with van der Waals surface area (Å²) in [5.74, 6) is -0.738. The first-order valence-corrected chi connectivity index (χ1v) is 10.4. The van der Waals surface area contributed by atoms with Gasteiger partial charge in [-0.1, -0.05) is 12.2 Å². The normalized spacial score (nSPS) is 20.3. The molecule has 0 amide bonds. The molecule has 1 aromatic heterocycles. The zero-order valence-corrected chi connectivity index (χ0v) is 19.4. The molecule has 1 aliphatic heterocycles. The largest absolute Gasteiger partial charge is 0.483 e. The first kappa shape index (κ1) is 23.3. The summed E-state index contributed by atoms with van der Waals surface area (Å²) in [6.07, 6.45) is 1.21. The minimum Gasteiger partial charge on any atom is -0.483 e. The topological polar surface area (TPSA) is 92.0 Å². The first-order chi connectivity index (χ1) is 15.0. The van der Waals surface area contributed by atoms with Crippen molar-refractivity contribution < 1.29 is 28.2 Å². The third-order valence-corrected chi connectivity index (χ3v) is 5.71. The highest BCUT2D eigenvalue weighted by Gasteiger charge is 2.50. The molecule has 32 heavy (non-hydrogen) atoms. The van der Waals surface area contributed by atoms with Crippen LogP contribution in [0, 0.1) is 6.92 Å². The van der Waals surface area contributed by atoms with Crippen LogP contribution in [0.2, 0.25) is 0 Å². The van der Waals surface area contributed by atoms with Gasteiger partial charge >= 0.3 is 17.6 Å². The number of aryl methyl sites for hydroxylation is 1. The highest BCUT2D eigenvalue weighted by molar-refractivity contribution is 5.90. The Bertz CT molecular complexity index is 1200. The summed E-state index contributed by atoms with van der Waals surface area (Å²) >= 11 is 0. The summed E-state index contributed by atoms with van der Waals surface area (Å²) in [4.78, 5) is 37.6. The Hall–Kier alpha value is -3.35. The molecular formula is C25H28O7. The quantitative estimate of drug-likeness (QED) is 0.386. The second-order valence-corrected chi connectivity index (χ2v) is 8.40. The van der Waals surface area contributed by atoms with Gasteiger partial charge in [-0.3, -0.25) is 0 Å². The lowest BCUT2D eigenvalue weighted by atomic mass is 9.86. The van der Waals surface area contributed by atoms with Crippen molar-refractivity contribution in [2.45, 2.75) is 66.3 Å². The Morgan fingerprint density at radius 3 is 2.22 bits per heavy atom. The zero-order valence-electron chi connectivity index (χ0n) is 19.4. The van der Waals surface area contributed by atoms with Crippen molar-refractivity contribution >= 4 is 22.9 Å². The summed E-state index contributed by atoms with van der Waals surface area (Å²) in [5.41, 5.74) is 0.519. The van der Waals surface area contributed by atoms with Crippen LogP contribution in [0.3, 0.4) is 0 Å². The van der Waals surface area contributed by atoms with Crippen LogP contribution < -0.4 is 10.4 Å². The molecule has 1 aliphatic rings. The van der Waals surface area contributed by atoms with Crippen molar-refractivity contribution in [3.05, 3.63) is 63.0 Å². The SMILES string of the molecule is C/C=C(/C)C(=O)O[C@H]1c2c(ccc3c(C)cc(=O)oc23)OC(C)(C)[C@H]1OC(=O)/C(C)=C\C. The fourth-order valence-corrected chi connectivity index (χ4v) is 3.58. The maximum absolute atomic E-state index is 12.8. The molecule has 1 aromatic carbocycles. The van der Waals surface area contributed by atoms with E-state index in [1.54, 1.807) is 72.8 Å². The van der Waals surface area contributed by atoms with Crippen molar-refractivity contribution in [1.82, 2.24) is 0 Å².